The molecular weight excluding hydrogens is 138 g/mol. The Bertz CT molecular complexity index is 207. The maximum atomic E-state index is 3.36. The van der Waals surface area contributed by atoms with Crippen LogP contribution < -0.4 is 10.6 Å². The highest BCUT2D eigenvalue weighted by molar-refractivity contribution is 5.22. The average molecular weight is 151 g/mol. The van der Waals surface area contributed by atoms with Crippen molar-refractivity contribution in [3.05, 3.63) is 24.0 Å². The van der Waals surface area contributed by atoms with Gasteiger partial charge in [-0.15, -0.1) is 0 Å². The number of allylic oxidation sites excluding steroid dienone is 2. The standard InChI is InChI=1S/C8H13N3/c1-11-6-5-9-7-3-2-4-10-8(7)11/h2-4,8-10H,5-6H2,1H3. The molecule has 0 aromatic carbocycles. The summed E-state index contributed by atoms with van der Waals surface area (Å²) in [6, 6.07) is 0. The molecule has 3 heteroatoms. The first-order chi connectivity index (χ1) is 5.38. The number of likely N-dealkylation sites (N-methyl/N-ethyl adjacent to an activating group) is 1. The molecule has 11 heavy (non-hydrogen) atoms. The van der Waals surface area contributed by atoms with Gasteiger partial charge in [0.2, 0.25) is 0 Å². The number of hydrogen-bond donors (Lipinski definition) is 2. The van der Waals surface area contributed by atoms with E-state index in [1.165, 1.54) is 5.70 Å². The molecule has 0 aromatic rings. The van der Waals surface area contributed by atoms with Crippen molar-refractivity contribution in [3.8, 4) is 0 Å². The van der Waals surface area contributed by atoms with Gasteiger partial charge in [-0.1, -0.05) is 0 Å². The van der Waals surface area contributed by atoms with Crippen LogP contribution in [0.25, 0.3) is 0 Å². The highest BCUT2D eigenvalue weighted by Crippen LogP contribution is 2.10. The molecule has 0 aliphatic carbocycles. The molecule has 2 heterocycles. The van der Waals surface area contributed by atoms with Crippen LogP contribution in [0.3, 0.4) is 0 Å². The van der Waals surface area contributed by atoms with Crippen molar-refractivity contribution in [2.24, 2.45) is 0 Å². The van der Waals surface area contributed by atoms with Crippen molar-refractivity contribution in [2.75, 3.05) is 20.1 Å². The van der Waals surface area contributed by atoms with Gasteiger partial charge in [0.05, 0.1) is 0 Å². The topological polar surface area (TPSA) is 27.3 Å². The third-order valence-electron chi connectivity index (χ3n) is 2.16. The molecule has 2 aliphatic heterocycles. The zero-order valence-corrected chi connectivity index (χ0v) is 6.67. The van der Waals surface area contributed by atoms with Gasteiger partial charge in [-0.25, -0.2) is 0 Å². The van der Waals surface area contributed by atoms with Crippen LogP contribution in [0.2, 0.25) is 0 Å². The number of dihydropyridines is 1. The Kier molecular flexibility index (Phi) is 1.58. The summed E-state index contributed by atoms with van der Waals surface area (Å²) in [7, 11) is 2.13. The number of hydrogen-bond acceptors (Lipinski definition) is 3. The van der Waals surface area contributed by atoms with Crippen LogP contribution >= 0.6 is 0 Å². The fourth-order valence-electron chi connectivity index (χ4n) is 1.51. The van der Waals surface area contributed by atoms with Crippen molar-refractivity contribution in [3.63, 3.8) is 0 Å². The Morgan fingerprint density at radius 1 is 1.64 bits per heavy atom. The molecule has 60 valence electrons. The fourth-order valence-corrected chi connectivity index (χ4v) is 1.51. The average Bonchev–Trinajstić information content (AvgIpc) is 2.06. The number of fused-ring (bicyclic) bond motifs is 1. The molecule has 3 nitrogen and oxygen atoms in total. The first-order valence-electron chi connectivity index (χ1n) is 3.95. The van der Waals surface area contributed by atoms with Crippen LogP contribution in [0.15, 0.2) is 24.0 Å². The summed E-state index contributed by atoms with van der Waals surface area (Å²) in [5, 5.41) is 6.64. The maximum Gasteiger partial charge on any atom is 0.120 e. The first kappa shape index (κ1) is 6.73. The maximum absolute atomic E-state index is 3.36. The monoisotopic (exact) mass is 151 g/mol. The van der Waals surface area contributed by atoms with Crippen LogP contribution in [0.1, 0.15) is 0 Å². The Morgan fingerprint density at radius 2 is 2.55 bits per heavy atom. The first-order valence-corrected chi connectivity index (χ1v) is 3.95. The van der Waals surface area contributed by atoms with Gasteiger partial charge in [0.1, 0.15) is 6.17 Å². The van der Waals surface area contributed by atoms with E-state index in [0.717, 1.165) is 13.1 Å². The fraction of sp³-hybridized carbons (Fsp3) is 0.500. The largest absolute Gasteiger partial charge is 0.384 e. The summed E-state index contributed by atoms with van der Waals surface area (Å²) in [6.07, 6.45) is 6.50. The normalized spacial score (nSPS) is 29.9. The number of nitrogens with one attached hydrogen (secondary N) is 2. The lowest BCUT2D eigenvalue weighted by atomic mass is 10.2. The number of rotatable bonds is 0. The second-order valence-corrected chi connectivity index (χ2v) is 2.96. The van der Waals surface area contributed by atoms with Crippen molar-refractivity contribution in [2.45, 2.75) is 6.17 Å². The van der Waals surface area contributed by atoms with Crippen LogP contribution in [0, 0.1) is 0 Å². The van der Waals surface area contributed by atoms with E-state index in [2.05, 4.69) is 28.7 Å². The molecule has 1 fully saturated rings. The van der Waals surface area contributed by atoms with Crippen molar-refractivity contribution >= 4 is 0 Å². The van der Waals surface area contributed by atoms with Crippen molar-refractivity contribution in [1.82, 2.24) is 15.5 Å². The Morgan fingerprint density at radius 3 is 3.36 bits per heavy atom. The van der Waals surface area contributed by atoms with Gasteiger partial charge in [-0.3, -0.25) is 4.90 Å². The highest BCUT2D eigenvalue weighted by atomic mass is 15.3. The number of nitrogens with zero attached hydrogens (tertiary/aromatic N) is 1. The molecule has 2 rings (SSSR count). The predicted octanol–water partition coefficient (Wildman–Crippen LogP) is -0.152. The Labute approximate surface area is 66.8 Å². The lowest BCUT2D eigenvalue weighted by Gasteiger charge is -2.36. The third-order valence-corrected chi connectivity index (χ3v) is 2.16. The molecule has 2 aliphatic rings. The Hall–Kier alpha value is -0.960. The van der Waals surface area contributed by atoms with Gasteiger partial charge in [0.15, 0.2) is 0 Å². The SMILES string of the molecule is CN1CCNC2=CC=CNC21. The second-order valence-electron chi connectivity index (χ2n) is 2.96. The van der Waals surface area contributed by atoms with Crippen LogP contribution in [0.5, 0.6) is 0 Å². The molecular formula is C8H13N3. The molecule has 2 N–H and O–H groups in total. The van der Waals surface area contributed by atoms with Gasteiger partial charge >= 0.3 is 0 Å². The Balaban J connectivity index is 2.18. The van der Waals surface area contributed by atoms with E-state index in [0.29, 0.717) is 6.17 Å². The van der Waals surface area contributed by atoms with Gasteiger partial charge in [-0.05, 0) is 25.4 Å². The summed E-state index contributed by atoms with van der Waals surface area (Å²) in [5.41, 5.74) is 1.28. The van der Waals surface area contributed by atoms with Crippen molar-refractivity contribution < 1.29 is 0 Å². The van der Waals surface area contributed by atoms with E-state index in [1.807, 2.05) is 12.3 Å². The zero-order valence-electron chi connectivity index (χ0n) is 6.67. The zero-order chi connectivity index (χ0) is 7.68. The highest BCUT2D eigenvalue weighted by Gasteiger charge is 2.22. The van der Waals surface area contributed by atoms with Crippen LogP contribution in [0.4, 0.5) is 0 Å². The quantitative estimate of drug-likeness (QED) is 0.504. The lowest BCUT2D eigenvalue weighted by molar-refractivity contribution is 0.214. The molecule has 1 atom stereocenters. The third kappa shape index (κ3) is 1.12. The molecule has 0 aromatic heterocycles. The van der Waals surface area contributed by atoms with Gasteiger partial charge in [-0.2, -0.15) is 0 Å². The molecule has 1 saturated heterocycles. The van der Waals surface area contributed by atoms with Crippen LogP contribution in [-0.2, 0) is 0 Å². The lowest BCUT2D eigenvalue weighted by Crippen LogP contribution is -2.53. The van der Waals surface area contributed by atoms with E-state index in [9.17, 15) is 0 Å². The predicted molar refractivity (Wildman–Crippen MR) is 44.8 cm³/mol. The molecule has 0 amide bonds. The van der Waals surface area contributed by atoms with E-state index in [4.69, 9.17) is 0 Å². The van der Waals surface area contributed by atoms with Gasteiger partial charge < -0.3 is 10.6 Å². The molecule has 0 saturated carbocycles. The van der Waals surface area contributed by atoms with E-state index >= 15 is 0 Å². The summed E-state index contributed by atoms with van der Waals surface area (Å²) in [5.74, 6) is 0. The number of piperazine rings is 1. The minimum absolute atomic E-state index is 0.369. The van der Waals surface area contributed by atoms with E-state index < -0.39 is 0 Å². The van der Waals surface area contributed by atoms with Crippen molar-refractivity contribution in [1.29, 1.82) is 0 Å². The van der Waals surface area contributed by atoms with Gasteiger partial charge in [0.25, 0.3) is 0 Å². The van der Waals surface area contributed by atoms with E-state index in [1.54, 1.807) is 0 Å². The summed E-state index contributed by atoms with van der Waals surface area (Å²) in [4.78, 5) is 2.30. The molecule has 0 spiro atoms. The van der Waals surface area contributed by atoms with E-state index in [-0.39, 0.29) is 0 Å². The molecule has 1 unspecified atom stereocenters. The minimum Gasteiger partial charge on any atom is -0.384 e. The molecule has 0 bridgehead atoms. The minimum atomic E-state index is 0.369. The summed E-state index contributed by atoms with van der Waals surface area (Å²) >= 11 is 0. The smallest absolute Gasteiger partial charge is 0.120 e. The summed E-state index contributed by atoms with van der Waals surface area (Å²) < 4.78 is 0. The summed E-state index contributed by atoms with van der Waals surface area (Å²) in [6.45, 7) is 2.15. The second kappa shape index (κ2) is 2.58. The van der Waals surface area contributed by atoms with Gasteiger partial charge in [0, 0.05) is 18.8 Å². The molecule has 0 radical (unpaired) electrons. The van der Waals surface area contributed by atoms with Crippen LogP contribution in [-0.4, -0.2) is 31.2 Å².